The predicted octanol–water partition coefficient (Wildman–Crippen LogP) is 1.89. The summed E-state index contributed by atoms with van der Waals surface area (Å²) in [6.45, 7) is 12.1. The van der Waals surface area contributed by atoms with Crippen LogP contribution in [-0.4, -0.2) is 47.4 Å². The van der Waals surface area contributed by atoms with Crippen molar-refractivity contribution >= 4 is 11.5 Å². The molecule has 0 bridgehead atoms. The zero-order chi connectivity index (χ0) is 14.3. The zero-order valence-electron chi connectivity index (χ0n) is 13.0. The van der Waals surface area contributed by atoms with Crippen LogP contribution in [0.4, 0.5) is 11.5 Å². The van der Waals surface area contributed by atoms with Crippen molar-refractivity contribution < 1.29 is 0 Å². The van der Waals surface area contributed by atoms with E-state index in [1.807, 2.05) is 6.92 Å². The van der Waals surface area contributed by atoms with Crippen molar-refractivity contribution in [3.05, 3.63) is 5.69 Å². The van der Waals surface area contributed by atoms with Crippen molar-refractivity contribution in [2.24, 2.45) is 5.92 Å². The third-order valence-electron chi connectivity index (χ3n) is 4.48. The normalized spacial score (nSPS) is 20.9. The SMILES string of the molecule is Cc1nn(C(C)C)c(N2CCN(CC3CC3)CC2)c1N. The van der Waals surface area contributed by atoms with Gasteiger partial charge in [0.15, 0.2) is 5.82 Å². The Kier molecular flexibility index (Phi) is 3.63. The maximum atomic E-state index is 6.26. The van der Waals surface area contributed by atoms with Gasteiger partial charge in [0.2, 0.25) is 0 Å². The summed E-state index contributed by atoms with van der Waals surface area (Å²) in [4.78, 5) is 5.02. The Morgan fingerprint density at radius 2 is 1.85 bits per heavy atom. The van der Waals surface area contributed by atoms with E-state index in [1.165, 1.54) is 19.4 Å². The maximum absolute atomic E-state index is 6.26. The minimum absolute atomic E-state index is 0.352. The first-order valence-electron chi connectivity index (χ1n) is 7.88. The number of rotatable bonds is 4. The Morgan fingerprint density at radius 1 is 1.20 bits per heavy atom. The number of aryl methyl sites for hydroxylation is 1. The minimum Gasteiger partial charge on any atom is -0.394 e. The molecule has 0 spiro atoms. The summed E-state index contributed by atoms with van der Waals surface area (Å²) in [5, 5.41) is 4.60. The second kappa shape index (κ2) is 5.28. The molecule has 2 heterocycles. The molecule has 1 aliphatic heterocycles. The summed E-state index contributed by atoms with van der Waals surface area (Å²) in [7, 11) is 0. The van der Waals surface area contributed by atoms with E-state index in [0.717, 1.165) is 49.3 Å². The van der Waals surface area contributed by atoms with Gasteiger partial charge in [-0.2, -0.15) is 5.10 Å². The summed E-state index contributed by atoms with van der Waals surface area (Å²) in [5.74, 6) is 2.11. The maximum Gasteiger partial charge on any atom is 0.151 e. The number of piperazine rings is 1. The molecule has 1 saturated carbocycles. The second-order valence-electron chi connectivity index (χ2n) is 6.59. The first-order chi connectivity index (χ1) is 9.56. The van der Waals surface area contributed by atoms with Crippen LogP contribution in [-0.2, 0) is 0 Å². The highest BCUT2D eigenvalue weighted by atomic mass is 15.4. The molecule has 3 rings (SSSR count). The van der Waals surface area contributed by atoms with E-state index in [0.29, 0.717) is 6.04 Å². The van der Waals surface area contributed by atoms with Gasteiger partial charge in [-0.15, -0.1) is 0 Å². The molecule has 2 aliphatic rings. The van der Waals surface area contributed by atoms with Crippen molar-refractivity contribution in [3.63, 3.8) is 0 Å². The van der Waals surface area contributed by atoms with Crippen LogP contribution in [0.3, 0.4) is 0 Å². The van der Waals surface area contributed by atoms with Crippen LogP contribution in [0.2, 0.25) is 0 Å². The average molecular weight is 277 g/mol. The van der Waals surface area contributed by atoms with Crippen molar-refractivity contribution in [1.29, 1.82) is 0 Å². The summed E-state index contributed by atoms with van der Waals surface area (Å²) in [5.41, 5.74) is 8.07. The minimum atomic E-state index is 0.352. The van der Waals surface area contributed by atoms with Gasteiger partial charge in [0.1, 0.15) is 0 Å². The Bertz CT molecular complexity index is 467. The second-order valence-corrected chi connectivity index (χ2v) is 6.59. The molecule has 20 heavy (non-hydrogen) atoms. The molecule has 1 aromatic rings. The number of nitrogens with zero attached hydrogens (tertiary/aromatic N) is 4. The van der Waals surface area contributed by atoms with E-state index in [9.17, 15) is 0 Å². The number of hydrogen-bond acceptors (Lipinski definition) is 4. The molecular formula is C15H27N5. The van der Waals surface area contributed by atoms with E-state index in [1.54, 1.807) is 0 Å². The third-order valence-corrected chi connectivity index (χ3v) is 4.48. The number of aromatic nitrogens is 2. The highest BCUT2D eigenvalue weighted by Crippen LogP contribution is 2.32. The number of anilines is 2. The summed E-state index contributed by atoms with van der Waals surface area (Å²) >= 11 is 0. The molecule has 0 unspecified atom stereocenters. The largest absolute Gasteiger partial charge is 0.394 e. The van der Waals surface area contributed by atoms with Crippen LogP contribution in [0, 0.1) is 12.8 Å². The fourth-order valence-electron chi connectivity index (χ4n) is 3.03. The Morgan fingerprint density at radius 3 is 2.40 bits per heavy atom. The third kappa shape index (κ3) is 2.64. The standard InChI is InChI=1S/C15H27N5/c1-11(2)20-15(14(16)12(3)17-20)19-8-6-18(7-9-19)10-13-4-5-13/h11,13H,4-10,16H2,1-3H3. The van der Waals surface area contributed by atoms with Crippen LogP contribution in [0.1, 0.15) is 38.4 Å². The van der Waals surface area contributed by atoms with Gasteiger partial charge in [-0.25, -0.2) is 4.68 Å². The molecule has 5 heteroatoms. The van der Waals surface area contributed by atoms with Crippen molar-refractivity contribution in [2.45, 2.75) is 39.7 Å². The predicted molar refractivity (Wildman–Crippen MR) is 83.1 cm³/mol. The van der Waals surface area contributed by atoms with Gasteiger partial charge >= 0.3 is 0 Å². The van der Waals surface area contributed by atoms with Gasteiger partial charge in [-0.1, -0.05) is 0 Å². The van der Waals surface area contributed by atoms with Crippen LogP contribution in [0.15, 0.2) is 0 Å². The quantitative estimate of drug-likeness (QED) is 0.913. The average Bonchev–Trinajstić information content (AvgIpc) is 3.17. The van der Waals surface area contributed by atoms with E-state index in [-0.39, 0.29) is 0 Å². The van der Waals surface area contributed by atoms with Gasteiger partial charge < -0.3 is 10.6 Å². The van der Waals surface area contributed by atoms with Crippen molar-refractivity contribution in [2.75, 3.05) is 43.4 Å². The molecule has 1 saturated heterocycles. The molecule has 0 atom stereocenters. The van der Waals surface area contributed by atoms with Crippen molar-refractivity contribution in [3.8, 4) is 0 Å². The summed E-state index contributed by atoms with van der Waals surface area (Å²) in [6.07, 6.45) is 2.87. The lowest BCUT2D eigenvalue weighted by atomic mass is 10.2. The molecule has 1 aromatic heterocycles. The van der Waals surface area contributed by atoms with E-state index in [4.69, 9.17) is 5.73 Å². The highest BCUT2D eigenvalue weighted by molar-refractivity contribution is 5.66. The Labute approximate surface area is 121 Å². The first kappa shape index (κ1) is 13.7. The molecular weight excluding hydrogens is 250 g/mol. The van der Waals surface area contributed by atoms with Gasteiger partial charge in [0, 0.05) is 38.8 Å². The zero-order valence-corrected chi connectivity index (χ0v) is 13.0. The lowest BCUT2D eigenvalue weighted by molar-refractivity contribution is 0.246. The molecule has 0 amide bonds. The smallest absolute Gasteiger partial charge is 0.151 e. The topological polar surface area (TPSA) is 50.3 Å². The molecule has 0 aromatic carbocycles. The van der Waals surface area contributed by atoms with Crippen LogP contribution in [0.25, 0.3) is 0 Å². The number of hydrogen-bond donors (Lipinski definition) is 1. The van der Waals surface area contributed by atoms with Crippen LogP contribution < -0.4 is 10.6 Å². The van der Waals surface area contributed by atoms with E-state index >= 15 is 0 Å². The highest BCUT2D eigenvalue weighted by Gasteiger charge is 2.28. The Balaban J connectivity index is 1.70. The van der Waals surface area contributed by atoms with Gasteiger partial charge in [0.05, 0.1) is 11.4 Å². The van der Waals surface area contributed by atoms with E-state index in [2.05, 4.69) is 33.4 Å². The molecule has 5 nitrogen and oxygen atoms in total. The van der Waals surface area contributed by atoms with E-state index < -0.39 is 0 Å². The molecule has 112 valence electrons. The first-order valence-corrected chi connectivity index (χ1v) is 7.88. The fourth-order valence-corrected chi connectivity index (χ4v) is 3.03. The molecule has 1 aliphatic carbocycles. The van der Waals surface area contributed by atoms with Gasteiger partial charge in [-0.05, 0) is 39.5 Å². The number of nitrogens with two attached hydrogens (primary N) is 1. The fraction of sp³-hybridized carbons (Fsp3) is 0.800. The van der Waals surface area contributed by atoms with Crippen molar-refractivity contribution in [1.82, 2.24) is 14.7 Å². The lowest BCUT2D eigenvalue weighted by Crippen LogP contribution is -2.47. The van der Waals surface area contributed by atoms with Crippen LogP contribution >= 0.6 is 0 Å². The molecule has 2 N–H and O–H groups in total. The molecule has 0 radical (unpaired) electrons. The monoisotopic (exact) mass is 277 g/mol. The van der Waals surface area contributed by atoms with Gasteiger partial charge in [-0.3, -0.25) is 4.90 Å². The lowest BCUT2D eigenvalue weighted by Gasteiger charge is -2.36. The summed E-state index contributed by atoms with van der Waals surface area (Å²) in [6, 6.07) is 0.352. The Hall–Kier alpha value is -1.23. The number of nitrogen functional groups attached to an aromatic ring is 1. The molecule has 2 fully saturated rings. The van der Waals surface area contributed by atoms with Crippen LogP contribution in [0.5, 0.6) is 0 Å². The summed E-state index contributed by atoms with van der Waals surface area (Å²) < 4.78 is 2.08. The van der Waals surface area contributed by atoms with Gasteiger partial charge in [0.25, 0.3) is 0 Å².